The molecule has 0 unspecified atom stereocenters. The van der Waals surface area contributed by atoms with Crippen molar-refractivity contribution < 1.29 is 23.2 Å². The summed E-state index contributed by atoms with van der Waals surface area (Å²) in [5.41, 5.74) is 2.81. The summed E-state index contributed by atoms with van der Waals surface area (Å²) in [6.07, 6.45) is 1.42. The Balaban J connectivity index is 1.60. The number of carbonyl (C=O) groups is 3. The lowest BCUT2D eigenvalue weighted by Gasteiger charge is -2.16. The van der Waals surface area contributed by atoms with Crippen molar-refractivity contribution >= 4 is 28.2 Å². The zero-order valence-corrected chi connectivity index (χ0v) is 16.4. The van der Waals surface area contributed by atoms with Crippen LogP contribution in [0.5, 0.6) is 0 Å². The Kier molecular flexibility index (Phi) is 3.96. The van der Waals surface area contributed by atoms with Crippen molar-refractivity contribution in [1.82, 2.24) is 5.32 Å². The fourth-order valence-corrected chi connectivity index (χ4v) is 4.02. The van der Waals surface area contributed by atoms with Crippen LogP contribution in [0.4, 0.5) is 0 Å². The molecule has 0 saturated carbocycles. The molecule has 6 heteroatoms. The molecule has 1 amide bonds. The monoisotopic (exact) mass is 399 g/mol. The van der Waals surface area contributed by atoms with E-state index in [0.29, 0.717) is 28.2 Å². The summed E-state index contributed by atoms with van der Waals surface area (Å²) in [6, 6.07) is 12.6. The number of nitrogens with one attached hydrogen (secondary N) is 1. The van der Waals surface area contributed by atoms with Crippen molar-refractivity contribution in [2.45, 2.75) is 20.4 Å². The molecule has 0 aliphatic heterocycles. The lowest BCUT2D eigenvalue weighted by molar-refractivity contribution is 0.0815. The highest BCUT2D eigenvalue weighted by atomic mass is 16.3. The molecule has 0 spiro atoms. The molecule has 2 aromatic heterocycles. The third-order valence-electron chi connectivity index (χ3n) is 5.58. The Morgan fingerprint density at radius 3 is 2.50 bits per heavy atom. The van der Waals surface area contributed by atoms with E-state index in [1.807, 2.05) is 37.3 Å². The van der Waals surface area contributed by atoms with Gasteiger partial charge in [0.1, 0.15) is 11.5 Å². The first kappa shape index (κ1) is 18.1. The summed E-state index contributed by atoms with van der Waals surface area (Å²) < 4.78 is 11.1. The molecule has 5 rings (SSSR count). The molecule has 0 bridgehead atoms. The van der Waals surface area contributed by atoms with Crippen LogP contribution in [0.15, 0.2) is 57.6 Å². The standard InChI is InChI=1S/C24H17NO5/c1-12-5-3-6-15-14(12)8-9-16-20(15)22(27)21(26)19-13(2)18(30-23(16)19)11-25-24(28)17-7-4-10-29-17/h3-10H,11H2,1-2H3,(H,25,28). The van der Waals surface area contributed by atoms with Gasteiger partial charge in [0.25, 0.3) is 5.91 Å². The van der Waals surface area contributed by atoms with Crippen molar-refractivity contribution in [3.05, 3.63) is 82.5 Å². The van der Waals surface area contributed by atoms with Crippen LogP contribution < -0.4 is 5.32 Å². The van der Waals surface area contributed by atoms with Gasteiger partial charge < -0.3 is 14.2 Å². The number of hydrogen-bond acceptors (Lipinski definition) is 5. The molecule has 4 aromatic rings. The number of fused-ring (bicyclic) bond motifs is 5. The van der Waals surface area contributed by atoms with Crippen molar-refractivity contribution in [3.8, 4) is 11.3 Å². The minimum Gasteiger partial charge on any atom is -0.459 e. The lowest BCUT2D eigenvalue weighted by Crippen LogP contribution is -2.23. The predicted molar refractivity (Wildman–Crippen MR) is 110 cm³/mol. The van der Waals surface area contributed by atoms with E-state index in [4.69, 9.17) is 8.83 Å². The quantitative estimate of drug-likeness (QED) is 0.508. The fourth-order valence-electron chi connectivity index (χ4n) is 4.02. The number of furan rings is 2. The number of ketones is 2. The minimum atomic E-state index is -0.587. The summed E-state index contributed by atoms with van der Waals surface area (Å²) >= 11 is 0. The minimum absolute atomic E-state index is 0.0713. The molecule has 148 valence electrons. The topological polar surface area (TPSA) is 89.5 Å². The third kappa shape index (κ3) is 2.54. The molecule has 1 aliphatic rings. The van der Waals surface area contributed by atoms with Crippen LogP contribution in [0.1, 0.15) is 48.2 Å². The van der Waals surface area contributed by atoms with Gasteiger partial charge in [0.2, 0.25) is 11.6 Å². The Bertz CT molecular complexity index is 1360. The van der Waals surface area contributed by atoms with Crippen LogP contribution in [-0.4, -0.2) is 17.5 Å². The van der Waals surface area contributed by atoms with Crippen LogP contribution in [0.3, 0.4) is 0 Å². The van der Waals surface area contributed by atoms with E-state index in [1.165, 1.54) is 6.26 Å². The van der Waals surface area contributed by atoms with Crippen LogP contribution in [-0.2, 0) is 6.54 Å². The van der Waals surface area contributed by atoms with Crippen LogP contribution in [0, 0.1) is 13.8 Å². The van der Waals surface area contributed by atoms with Gasteiger partial charge in [0.05, 0.1) is 18.4 Å². The molecular weight excluding hydrogens is 382 g/mol. The van der Waals surface area contributed by atoms with Gasteiger partial charge in [-0.2, -0.15) is 0 Å². The van der Waals surface area contributed by atoms with Crippen molar-refractivity contribution in [2.75, 3.05) is 0 Å². The number of Topliss-reactive ketones (excluding diaryl/α,β-unsaturated/α-hetero) is 2. The second kappa shape index (κ2) is 6.56. The van der Waals surface area contributed by atoms with Gasteiger partial charge in [0.15, 0.2) is 5.76 Å². The van der Waals surface area contributed by atoms with E-state index >= 15 is 0 Å². The summed E-state index contributed by atoms with van der Waals surface area (Å²) in [5, 5.41) is 4.38. The molecule has 1 N–H and O–H groups in total. The SMILES string of the molecule is Cc1c(CNC(=O)c2ccco2)oc2c1C(=O)C(=O)c1c-2ccc2c(C)cccc12. The predicted octanol–water partition coefficient (Wildman–Crippen LogP) is 4.62. The van der Waals surface area contributed by atoms with Crippen molar-refractivity contribution in [2.24, 2.45) is 0 Å². The second-order valence-electron chi connectivity index (χ2n) is 7.33. The zero-order chi connectivity index (χ0) is 21.0. The largest absolute Gasteiger partial charge is 0.459 e. The summed E-state index contributed by atoms with van der Waals surface area (Å²) in [6.45, 7) is 3.76. The number of aryl methyl sites for hydroxylation is 1. The first-order valence-electron chi connectivity index (χ1n) is 9.53. The number of benzene rings is 2. The van der Waals surface area contributed by atoms with Gasteiger partial charge in [0, 0.05) is 16.7 Å². The highest BCUT2D eigenvalue weighted by Gasteiger charge is 2.37. The first-order chi connectivity index (χ1) is 14.5. The summed E-state index contributed by atoms with van der Waals surface area (Å²) in [7, 11) is 0. The molecule has 1 aliphatic carbocycles. The fraction of sp³-hybridized carbons (Fsp3) is 0.125. The van der Waals surface area contributed by atoms with E-state index in [0.717, 1.165) is 16.3 Å². The maximum absolute atomic E-state index is 13.0. The van der Waals surface area contributed by atoms with Crippen molar-refractivity contribution in [3.63, 3.8) is 0 Å². The van der Waals surface area contributed by atoms with Gasteiger partial charge in [-0.25, -0.2) is 0 Å². The molecule has 30 heavy (non-hydrogen) atoms. The Hall–Kier alpha value is -3.93. The van der Waals surface area contributed by atoms with Gasteiger partial charge in [-0.3, -0.25) is 14.4 Å². The molecule has 0 radical (unpaired) electrons. The maximum Gasteiger partial charge on any atom is 0.287 e. The first-order valence-corrected chi connectivity index (χ1v) is 9.53. The Labute approximate surface area is 171 Å². The number of hydrogen-bond donors (Lipinski definition) is 1. The highest BCUT2D eigenvalue weighted by Crippen LogP contribution is 2.41. The molecule has 2 heterocycles. The number of amides is 1. The summed E-state index contributed by atoms with van der Waals surface area (Å²) in [4.78, 5) is 38.1. The van der Waals surface area contributed by atoms with Gasteiger partial charge in [-0.15, -0.1) is 0 Å². The average molecular weight is 399 g/mol. The lowest BCUT2D eigenvalue weighted by atomic mass is 9.83. The summed E-state index contributed by atoms with van der Waals surface area (Å²) in [5.74, 6) is -0.531. The van der Waals surface area contributed by atoms with E-state index in [1.54, 1.807) is 19.1 Å². The molecule has 0 atom stereocenters. The third-order valence-corrected chi connectivity index (χ3v) is 5.58. The highest BCUT2D eigenvalue weighted by molar-refractivity contribution is 6.54. The van der Waals surface area contributed by atoms with E-state index in [-0.39, 0.29) is 17.9 Å². The average Bonchev–Trinajstić information content (AvgIpc) is 3.38. The molecule has 0 fully saturated rings. The molecular formula is C24H17NO5. The van der Waals surface area contributed by atoms with Gasteiger partial charge in [-0.1, -0.05) is 24.3 Å². The van der Waals surface area contributed by atoms with Crippen LogP contribution in [0.25, 0.3) is 22.1 Å². The molecule has 0 saturated heterocycles. The maximum atomic E-state index is 13.0. The normalized spacial score (nSPS) is 12.7. The van der Waals surface area contributed by atoms with Gasteiger partial charge >= 0.3 is 0 Å². The smallest absolute Gasteiger partial charge is 0.287 e. The molecule has 2 aromatic carbocycles. The Morgan fingerprint density at radius 1 is 0.933 bits per heavy atom. The van der Waals surface area contributed by atoms with Crippen LogP contribution >= 0.6 is 0 Å². The second-order valence-corrected chi connectivity index (χ2v) is 7.33. The van der Waals surface area contributed by atoms with E-state index in [2.05, 4.69) is 5.32 Å². The zero-order valence-electron chi connectivity index (χ0n) is 16.4. The van der Waals surface area contributed by atoms with E-state index < -0.39 is 17.5 Å². The van der Waals surface area contributed by atoms with Crippen molar-refractivity contribution in [1.29, 1.82) is 0 Å². The number of rotatable bonds is 3. The van der Waals surface area contributed by atoms with Gasteiger partial charge in [-0.05, 0) is 48.4 Å². The van der Waals surface area contributed by atoms with Crippen LogP contribution in [0.2, 0.25) is 0 Å². The number of carbonyl (C=O) groups excluding carboxylic acids is 3. The van der Waals surface area contributed by atoms with E-state index in [9.17, 15) is 14.4 Å². The molecule has 6 nitrogen and oxygen atoms in total. The Morgan fingerprint density at radius 2 is 1.73 bits per heavy atom.